The van der Waals surface area contributed by atoms with E-state index in [2.05, 4.69) is 0 Å². The summed E-state index contributed by atoms with van der Waals surface area (Å²) < 4.78 is 33.5. The van der Waals surface area contributed by atoms with E-state index in [-0.39, 0.29) is 18.9 Å². The van der Waals surface area contributed by atoms with Crippen LogP contribution in [0.5, 0.6) is 11.5 Å². The van der Waals surface area contributed by atoms with Gasteiger partial charge in [-0.15, -0.1) is 0 Å². The van der Waals surface area contributed by atoms with Gasteiger partial charge in [0.25, 0.3) is 0 Å². The van der Waals surface area contributed by atoms with Gasteiger partial charge in [-0.25, -0.2) is 8.42 Å². The van der Waals surface area contributed by atoms with Crippen LogP contribution in [0.2, 0.25) is 0 Å². The van der Waals surface area contributed by atoms with Crippen LogP contribution in [-0.2, 0) is 13.8 Å². The first-order chi connectivity index (χ1) is 9.45. The molecule has 0 saturated carbocycles. The third kappa shape index (κ3) is 2.43. The molecule has 0 N–H and O–H groups in total. The Kier molecular flexibility index (Phi) is 3.25. The minimum atomic E-state index is -3.74. The van der Waals surface area contributed by atoms with Gasteiger partial charge in [0.15, 0.2) is 11.5 Å². The lowest BCUT2D eigenvalue weighted by Gasteiger charge is -2.22. The van der Waals surface area contributed by atoms with Crippen LogP contribution in [0.1, 0.15) is 6.42 Å². The molecular weight excluding hydrogens is 306 g/mol. The third-order valence-electron chi connectivity index (χ3n) is 3.33. The van der Waals surface area contributed by atoms with E-state index in [9.17, 15) is 13.2 Å². The molecule has 3 rings (SSSR count). The Labute approximate surface area is 120 Å². The van der Waals surface area contributed by atoms with E-state index in [0.717, 1.165) is 0 Å². The molecule has 1 aromatic rings. The maximum absolute atomic E-state index is 11.9. The number of carbonyl (C=O) groups is 1. The highest BCUT2D eigenvalue weighted by molar-refractivity contribution is 8.14. The molecule has 108 valence electrons. The number of anilines is 1. The van der Waals surface area contributed by atoms with Gasteiger partial charge in [-0.05, 0) is 12.1 Å². The van der Waals surface area contributed by atoms with Gasteiger partial charge in [-0.1, -0.05) is 0 Å². The molecule has 0 bridgehead atoms. The molecule has 0 aromatic heterocycles. The molecule has 1 atom stereocenters. The molecule has 2 aliphatic rings. The van der Waals surface area contributed by atoms with E-state index in [1.165, 1.54) is 4.90 Å². The highest BCUT2D eigenvalue weighted by Crippen LogP contribution is 2.36. The van der Waals surface area contributed by atoms with Crippen molar-refractivity contribution in [3.05, 3.63) is 18.2 Å². The van der Waals surface area contributed by atoms with Crippen molar-refractivity contribution >= 4 is 31.3 Å². The average Bonchev–Trinajstić information content (AvgIpc) is 2.80. The second kappa shape index (κ2) is 4.82. The molecule has 1 aromatic carbocycles. The van der Waals surface area contributed by atoms with Crippen molar-refractivity contribution in [2.24, 2.45) is 0 Å². The van der Waals surface area contributed by atoms with Gasteiger partial charge >= 0.3 is 0 Å². The van der Waals surface area contributed by atoms with Crippen LogP contribution < -0.4 is 14.4 Å². The van der Waals surface area contributed by atoms with Crippen LogP contribution in [-0.4, -0.2) is 39.3 Å². The fourth-order valence-electron chi connectivity index (χ4n) is 2.31. The molecule has 2 heterocycles. The Hall–Kier alpha value is -1.47. The number of fused-ring (bicyclic) bond motifs is 1. The molecule has 1 amide bonds. The maximum Gasteiger partial charge on any atom is 0.237 e. The van der Waals surface area contributed by atoms with E-state index in [4.69, 9.17) is 20.2 Å². The Balaban J connectivity index is 1.88. The van der Waals surface area contributed by atoms with Crippen molar-refractivity contribution in [1.29, 1.82) is 0 Å². The highest BCUT2D eigenvalue weighted by atomic mass is 35.7. The monoisotopic (exact) mass is 317 g/mol. The zero-order valence-corrected chi connectivity index (χ0v) is 12.0. The number of halogens is 1. The van der Waals surface area contributed by atoms with Gasteiger partial charge < -0.3 is 14.4 Å². The molecule has 20 heavy (non-hydrogen) atoms. The molecular formula is C12H12ClNO5S. The number of ether oxygens (including phenoxy) is 2. The molecule has 8 heteroatoms. The summed E-state index contributed by atoms with van der Waals surface area (Å²) >= 11 is 0. The summed E-state index contributed by atoms with van der Waals surface area (Å²) in [6.07, 6.45) is -0.0969. The molecule has 1 fully saturated rings. The van der Waals surface area contributed by atoms with Crippen LogP contribution >= 0.6 is 10.7 Å². The van der Waals surface area contributed by atoms with E-state index in [1.54, 1.807) is 18.2 Å². The molecule has 0 radical (unpaired) electrons. The van der Waals surface area contributed by atoms with Crippen molar-refractivity contribution in [1.82, 2.24) is 0 Å². The Morgan fingerprint density at radius 2 is 1.90 bits per heavy atom. The highest BCUT2D eigenvalue weighted by Gasteiger charge is 2.38. The van der Waals surface area contributed by atoms with E-state index in [1.807, 2.05) is 0 Å². The molecule has 0 spiro atoms. The quantitative estimate of drug-likeness (QED) is 0.765. The number of nitrogens with zero attached hydrogens (tertiary/aromatic N) is 1. The summed E-state index contributed by atoms with van der Waals surface area (Å²) in [4.78, 5) is 13.3. The summed E-state index contributed by atoms with van der Waals surface area (Å²) in [6.45, 7) is 0.995. The molecule has 0 aliphatic carbocycles. The first-order valence-electron chi connectivity index (χ1n) is 6.08. The number of benzene rings is 1. The first kappa shape index (κ1) is 13.5. The van der Waals surface area contributed by atoms with E-state index >= 15 is 0 Å². The van der Waals surface area contributed by atoms with Gasteiger partial charge in [-0.3, -0.25) is 4.79 Å². The van der Waals surface area contributed by atoms with Gasteiger partial charge in [0.2, 0.25) is 15.0 Å². The summed E-state index contributed by atoms with van der Waals surface area (Å²) in [7, 11) is 1.58. The number of carbonyl (C=O) groups excluding carboxylic acids is 1. The largest absolute Gasteiger partial charge is 0.486 e. The summed E-state index contributed by atoms with van der Waals surface area (Å²) in [5, 5.41) is -0.870. The minimum Gasteiger partial charge on any atom is -0.486 e. The number of hydrogen-bond acceptors (Lipinski definition) is 5. The SMILES string of the molecule is O=C1CC(S(=O)(=O)Cl)CN1c1ccc2c(c1)OCCO2. The lowest BCUT2D eigenvalue weighted by Crippen LogP contribution is -2.27. The summed E-state index contributed by atoms with van der Waals surface area (Å²) in [6, 6.07) is 5.09. The predicted molar refractivity (Wildman–Crippen MR) is 73.0 cm³/mol. The molecule has 1 unspecified atom stereocenters. The number of amides is 1. The van der Waals surface area contributed by atoms with Crippen molar-refractivity contribution < 1.29 is 22.7 Å². The fourth-order valence-corrected chi connectivity index (χ4v) is 3.34. The molecule has 6 nitrogen and oxygen atoms in total. The van der Waals surface area contributed by atoms with Crippen molar-refractivity contribution in [3.63, 3.8) is 0 Å². The van der Waals surface area contributed by atoms with Gasteiger partial charge in [0.05, 0.1) is 0 Å². The second-order valence-corrected chi connectivity index (χ2v) is 7.54. The van der Waals surface area contributed by atoms with Crippen LogP contribution in [0.25, 0.3) is 0 Å². The van der Waals surface area contributed by atoms with E-state index in [0.29, 0.717) is 30.4 Å². The van der Waals surface area contributed by atoms with Crippen LogP contribution in [0, 0.1) is 0 Å². The lowest BCUT2D eigenvalue weighted by atomic mass is 10.2. The molecule has 1 saturated heterocycles. The zero-order chi connectivity index (χ0) is 14.3. The fraction of sp³-hybridized carbons (Fsp3) is 0.417. The van der Waals surface area contributed by atoms with Crippen LogP contribution in [0.3, 0.4) is 0 Å². The maximum atomic E-state index is 11.9. The first-order valence-corrected chi connectivity index (χ1v) is 8.46. The zero-order valence-electron chi connectivity index (χ0n) is 10.4. The standard InChI is InChI=1S/C12H12ClNO5S/c13-20(16,17)9-6-12(15)14(7-9)8-1-2-10-11(5-8)19-4-3-18-10/h1-2,5,9H,3-4,6-7H2. The lowest BCUT2D eigenvalue weighted by molar-refractivity contribution is -0.117. The normalized spacial score (nSPS) is 22.1. The van der Waals surface area contributed by atoms with E-state index < -0.39 is 14.3 Å². The van der Waals surface area contributed by atoms with Crippen molar-refractivity contribution in [2.75, 3.05) is 24.7 Å². The topological polar surface area (TPSA) is 72.9 Å². The minimum absolute atomic E-state index is 0.0598. The summed E-state index contributed by atoms with van der Waals surface area (Å²) in [5.41, 5.74) is 0.585. The van der Waals surface area contributed by atoms with Crippen LogP contribution in [0.4, 0.5) is 5.69 Å². The second-order valence-electron chi connectivity index (χ2n) is 4.63. The smallest absolute Gasteiger partial charge is 0.237 e. The van der Waals surface area contributed by atoms with Gasteiger partial charge in [-0.2, -0.15) is 0 Å². The summed E-state index contributed by atoms with van der Waals surface area (Å²) in [5.74, 6) is 0.905. The number of hydrogen-bond donors (Lipinski definition) is 0. The van der Waals surface area contributed by atoms with Crippen molar-refractivity contribution in [3.8, 4) is 11.5 Å². The third-order valence-corrected chi connectivity index (χ3v) is 5.19. The van der Waals surface area contributed by atoms with Crippen molar-refractivity contribution in [2.45, 2.75) is 11.7 Å². The van der Waals surface area contributed by atoms with Crippen LogP contribution in [0.15, 0.2) is 18.2 Å². The predicted octanol–water partition coefficient (Wildman–Crippen LogP) is 1.13. The Morgan fingerprint density at radius 3 is 2.55 bits per heavy atom. The van der Waals surface area contributed by atoms with Gasteiger partial charge in [0.1, 0.15) is 18.5 Å². The van der Waals surface area contributed by atoms with Gasteiger partial charge in [0, 0.05) is 35.4 Å². The Bertz CT molecular complexity index is 660. The molecule has 2 aliphatic heterocycles. The Morgan fingerprint density at radius 1 is 1.20 bits per heavy atom. The average molecular weight is 318 g/mol. The number of rotatable bonds is 2.